The minimum atomic E-state index is -0.394. The van der Waals surface area contributed by atoms with Crippen LogP contribution in [0.15, 0.2) is 91.1 Å². The van der Waals surface area contributed by atoms with Gasteiger partial charge in [0.05, 0.1) is 10.6 Å². The van der Waals surface area contributed by atoms with Gasteiger partial charge in [0.2, 0.25) is 0 Å². The largest absolute Gasteiger partial charge is 0.269 e. The Morgan fingerprint density at radius 1 is 0.769 bits per heavy atom. The summed E-state index contributed by atoms with van der Waals surface area (Å²) < 4.78 is 1.83. The molecule has 0 unspecified atom stereocenters. The van der Waals surface area contributed by atoms with Crippen molar-refractivity contribution >= 4 is 5.69 Å². The minimum absolute atomic E-state index is 0.0745. The molecule has 5 nitrogen and oxygen atoms in total. The third kappa shape index (κ3) is 2.98. The van der Waals surface area contributed by atoms with Crippen molar-refractivity contribution in [2.24, 2.45) is 0 Å². The molecule has 0 saturated carbocycles. The summed E-state index contributed by atoms with van der Waals surface area (Å²) in [7, 11) is 0. The van der Waals surface area contributed by atoms with E-state index in [1.807, 2.05) is 71.5 Å². The quantitative estimate of drug-likeness (QED) is 0.382. The highest BCUT2D eigenvalue weighted by molar-refractivity contribution is 5.81. The highest BCUT2D eigenvalue weighted by atomic mass is 16.6. The second kappa shape index (κ2) is 6.64. The number of nitro groups is 1. The van der Waals surface area contributed by atoms with Gasteiger partial charge in [-0.3, -0.25) is 10.1 Å². The van der Waals surface area contributed by atoms with Crippen LogP contribution >= 0.6 is 0 Å². The van der Waals surface area contributed by atoms with Crippen LogP contribution in [0.4, 0.5) is 5.69 Å². The van der Waals surface area contributed by atoms with Gasteiger partial charge in [0.1, 0.15) is 5.69 Å². The maximum absolute atomic E-state index is 10.9. The second-order valence-corrected chi connectivity index (χ2v) is 5.84. The number of non-ortho nitro benzene ring substituents is 1. The Kier molecular flexibility index (Phi) is 4.03. The summed E-state index contributed by atoms with van der Waals surface area (Å²) in [5, 5.41) is 15.7. The van der Waals surface area contributed by atoms with Crippen LogP contribution in [0.5, 0.6) is 0 Å². The van der Waals surface area contributed by atoms with Crippen LogP contribution in [0.25, 0.3) is 28.1 Å². The third-order valence-corrected chi connectivity index (χ3v) is 4.17. The number of aromatic nitrogens is 2. The lowest BCUT2D eigenvalue weighted by molar-refractivity contribution is -0.384. The summed E-state index contributed by atoms with van der Waals surface area (Å²) in [5.41, 5.74) is 4.67. The molecule has 0 amide bonds. The molecule has 0 fully saturated rings. The summed E-state index contributed by atoms with van der Waals surface area (Å²) >= 11 is 0. The fourth-order valence-corrected chi connectivity index (χ4v) is 2.87. The summed E-state index contributed by atoms with van der Waals surface area (Å²) in [6, 6.07) is 26.3. The second-order valence-electron chi connectivity index (χ2n) is 5.84. The maximum atomic E-state index is 10.9. The van der Waals surface area contributed by atoms with Gasteiger partial charge < -0.3 is 0 Å². The number of benzene rings is 3. The first-order chi connectivity index (χ1) is 12.7. The lowest BCUT2D eigenvalue weighted by Gasteiger charge is -2.02. The summed E-state index contributed by atoms with van der Waals surface area (Å²) in [6.07, 6.45) is 1.96. The van der Waals surface area contributed by atoms with E-state index in [1.165, 1.54) is 12.1 Å². The van der Waals surface area contributed by atoms with Gasteiger partial charge in [0.25, 0.3) is 5.69 Å². The van der Waals surface area contributed by atoms with E-state index in [9.17, 15) is 10.1 Å². The van der Waals surface area contributed by atoms with Crippen LogP contribution in [0, 0.1) is 10.1 Å². The van der Waals surface area contributed by atoms with Crippen molar-refractivity contribution in [2.75, 3.05) is 0 Å². The van der Waals surface area contributed by atoms with Crippen molar-refractivity contribution in [3.8, 4) is 28.1 Å². The zero-order valence-electron chi connectivity index (χ0n) is 13.8. The van der Waals surface area contributed by atoms with E-state index >= 15 is 0 Å². The fourth-order valence-electron chi connectivity index (χ4n) is 2.87. The van der Waals surface area contributed by atoms with E-state index in [0.29, 0.717) is 0 Å². The molecule has 0 radical (unpaired) electrons. The van der Waals surface area contributed by atoms with Gasteiger partial charge in [-0.1, -0.05) is 48.5 Å². The Labute approximate surface area is 150 Å². The topological polar surface area (TPSA) is 61.0 Å². The molecule has 3 aromatic carbocycles. The molecule has 0 bridgehead atoms. The number of nitro benzene ring substituents is 1. The molecule has 4 aromatic rings. The van der Waals surface area contributed by atoms with Crippen molar-refractivity contribution in [3.63, 3.8) is 0 Å². The van der Waals surface area contributed by atoms with E-state index in [0.717, 1.165) is 28.1 Å². The first kappa shape index (κ1) is 15.8. The van der Waals surface area contributed by atoms with Crippen molar-refractivity contribution < 1.29 is 4.92 Å². The highest BCUT2D eigenvalue weighted by Crippen LogP contribution is 2.32. The van der Waals surface area contributed by atoms with Gasteiger partial charge in [-0.2, -0.15) is 5.10 Å². The van der Waals surface area contributed by atoms with Crippen LogP contribution in [0.1, 0.15) is 0 Å². The lowest BCUT2D eigenvalue weighted by atomic mass is 10.0. The molecule has 1 heterocycles. The molecule has 0 saturated heterocycles. The van der Waals surface area contributed by atoms with E-state index in [4.69, 9.17) is 5.10 Å². The number of para-hydroxylation sites is 1. The van der Waals surface area contributed by atoms with Crippen molar-refractivity contribution in [2.45, 2.75) is 0 Å². The zero-order valence-corrected chi connectivity index (χ0v) is 13.8. The number of hydrogen-bond donors (Lipinski definition) is 0. The summed E-state index contributed by atoms with van der Waals surface area (Å²) in [6.45, 7) is 0. The molecule has 0 aliphatic carbocycles. The van der Waals surface area contributed by atoms with E-state index in [1.54, 1.807) is 12.1 Å². The molecule has 0 atom stereocenters. The summed E-state index contributed by atoms with van der Waals surface area (Å²) in [4.78, 5) is 10.5. The molecule has 0 aliphatic rings. The van der Waals surface area contributed by atoms with Crippen LogP contribution in [-0.4, -0.2) is 14.7 Å². The zero-order chi connectivity index (χ0) is 17.9. The van der Waals surface area contributed by atoms with Gasteiger partial charge in [0, 0.05) is 29.5 Å². The summed E-state index contributed by atoms with van der Waals surface area (Å²) in [5.74, 6) is 0. The predicted molar refractivity (Wildman–Crippen MR) is 101 cm³/mol. The highest BCUT2D eigenvalue weighted by Gasteiger charge is 2.15. The number of rotatable bonds is 4. The van der Waals surface area contributed by atoms with E-state index in [-0.39, 0.29) is 5.69 Å². The van der Waals surface area contributed by atoms with E-state index < -0.39 is 4.92 Å². The smallest absolute Gasteiger partial charge is 0.258 e. The van der Waals surface area contributed by atoms with Crippen molar-refractivity contribution in [1.82, 2.24) is 9.78 Å². The first-order valence-electron chi connectivity index (χ1n) is 8.18. The Hall–Kier alpha value is -3.73. The fraction of sp³-hybridized carbons (Fsp3) is 0. The standard InChI is InChI=1S/C21H15N3O2/c25-24(26)19-13-11-16(12-14-19)20-15-23(18-9-5-2-6-10-18)22-21(20)17-7-3-1-4-8-17/h1-15H. The molecule has 0 aliphatic heterocycles. The van der Waals surface area contributed by atoms with Crippen LogP contribution in [-0.2, 0) is 0 Å². The van der Waals surface area contributed by atoms with Crippen LogP contribution in [0.3, 0.4) is 0 Å². The Balaban J connectivity index is 1.87. The molecular weight excluding hydrogens is 326 g/mol. The van der Waals surface area contributed by atoms with Crippen LogP contribution in [0.2, 0.25) is 0 Å². The molecule has 0 spiro atoms. The Morgan fingerprint density at radius 3 is 2.00 bits per heavy atom. The first-order valence-corrected chi connectivity index (χ1v) is 8.18. The van der Waals surface area contributed by atoms with Gasteiger partial charge in [-0.15, -0.1) is 0 Å². The number of hydrogen-bond acceptors (Lipinski definition) is 3. The number of nitrogens with zero attached hydrogens (tertiary/aromatic N) is 3. The van der Waals surface area contributed by atoms with Gasteiger partial charge in [0.15, 0.2) is 0 Å². The van der Waals surface area contributed by atoms with Crippen molar-refractivity contribution in [1.29, 1.82) is 0 Å². The third-order valence-electron chi connectivity index (χ3n) is 4.17. The van der Waals surface area contributed by atoms with E-state index in [2.05, 4.69) is 0 Å². The average molecular weight is 341 g/mol. The van der Waals surface area contributed by atoms with Gasteiger partial charge in [-0.25, -0.2) is 4.68 Å². The SMILES string of the molecule is O=[N+]([O-])c1ccc(-c2cn(-c3ccccc3)nc2-c2ccccc2)cc1. The van der Waals surface area contributed by atoms with Crippen molar-refractivity contribution in [3.05, 3.63) is 101 Å². The molecule has 26 heavy (non-hydrogen) atoms. The predicted octanol–water partition coefficient (Wildman–Crippen LogP) is 5.11. The Morgan fingerprint density at radius 2 is 1.38 bits per heavy atom. The normalized spacial score (nSPS) is 10.6. The molecule has 4 rings (SSSR count). The molecule has 0 N–H and O–H groups in total. The maximum Gasteiger partial charge on any atom is 0.269 e. The molecule has 126 valence electrons. The average Bonchev–Trinajstić information content (AvgIpc) is 3.15. The molecule has 5 heteroatoms. The van der Waals surface area contributed by atoms with Gasteiger partial charge >= 0.3 is 0 Å². The Bertz CT molecular complexity index is 1040. The minimum Gasteiger partial charge on any atom is -0.258 e. The van der Waals surface area contributed by atoms with Crippen LogP contribution < -0.4 is 0 Å². The molecular formula is C21H15N3O2. The van der Waals surface area contributed by atoms with Gasteiger partial charge in [-0.05, 0) is 29.8 Å². The monoisotopic (exact) mass is 341 g/mol. The lowest BCUT2D eigenvalue weighted by Crippen LogP contribution is -1.93. The molecule has 1 aromatic heterocycles.